The molecule has 0 saturated heterocycles. The normalized spacial score (nSPS) is 10.6. The predicted octanol–water partition coefficient (Wildman–Crippen LogP) is 2.73. The highest BCUT2D eigenvalue weighted by Gasteiger charge is 2.19. The second kappa shape index (κ2) is 9.15. The summed E-state index contributed by atoms with van der Waals surface area (Å²) in [5.74, 6) is -0.937. The van der Waals surface area contributed by atoms with Crippen molar-refractivity contribution < 1.29 is 19.0 Å². The van der Waals surface area contributed by atoms with E-state index in [1.165, 1.54) is 24.5 Å². The quantitative estimate of drug-likeness (QED) is 0.580. The third-order valence-electron chi connectivity index (χ3n) is 4.47. The average molecular weight is 409 g/mol. The number of hydrogen-bond donors (Lipinski definition) is 2. The first kappa shape index (κ1) is 21.0. The highest BCUT2D eigenvalue weighted by atomic mass is 19.1. The molecule has 0 saturated carbocycles. The van der Waals surface area contributed by atoms with Crippen molar-refractivity contribution in [2.24, 2.45) is 0 Å². The monoisotopic (exact) mass is 409 g/mol. The van der Waals surface area contributed by atoms with Gasteiger partial charge in [-0.3, -0.25) is 4.79 Å². The van der Waals surface area contributed by atoms with Gasteiger partial charge in [-0.2, -0.15) is 15.0 Å². The summed E-state index contributed by atoms with van der Waals surface area (Å²) in [7, 11) is 1.59. The summed E-state index contributed by atoms with van der Waals surface area (Å²) >= 11 is 0. The molecule has 0 fully saturated rings. The van der Waals surface area contributed by atoms with Crippen LogP contribution in [0, 0.1) is 24.1 Å². The van der Waals surface area contributed by atoms with Crippen LogP contribution >= 0.6 is 0 Å². The van der Waals surface area contributed by atoms with Gasteiger partial charge in [0.15, 0.2) is 5.82 Å². The molecule has 0 spiro atoms. The maximum atomic E-state index is 14.5. The van der Waals surface area contributed by atoms with Crippen LogP contribution in [0.5, 0.6) is 5.88 Å². The Labute approximate surface area is 172 Å². The van der Waals surface area contributed by atoms with E-state index in [0.717, 1.165) is 10.7 Å². The van der Waals surface area contributed by atoms with Crippen LogP contribution in [0.15, 0.2) is 36.7 Å². The van der Waals surface area contributed by atoms with Crippen LogP contribution in [0.3, 0.4) is 0 Å². The SMILES string of the molecule is COCCCNC(=O)c1ccc(-n2ncc(-c3c(C)cc(C#N)cc3F)c2O)nc1. The zero-order valence-electron chi connectivity index (χ0n) is 16.5. The first-order valence-electron chi connectivity index (χ1n) is 9.17. The number of amides is 1. The summed E-state index contributed by atoms with van der Waals surface area (Å²) in [6, 6.07) is 7.63. The van der Waals surface area contributed by atoms with Gasteiger partial charge in [-0.15, -0.1) is 0 Å². The summed E-state index contributed by atoms with van der Waals surface area (Å²) in [6.45, 7) is 2.68. The highest BCUT2D eigenvalue weighted by Crippen LogP contribution is 2.35. The summed E-state index contributed by atoms with van der Waals surface area (Å²) in [4.78, 5) is 16.3. The number of methoxy groups -OCH3 is 1. The third-order valence-corrected chi connectivity index (χ3v) is 4.47. The molecule has 2 aromatic heterocycles. The first-order chi connectivity index (χ1) is 14.5. The van der Waals surface area contributed by atoms with Crippen LogP contribution in [-0.2, 0) is 4.74 Å². The van der Waals surface area contributed by atoms with Crippen molar-refractivity contribution in [2.75, 3.05) is 20.3 Å². The summed E-state index contributed by atoms with van der Waals surface area (Å²) in [5, 5.41) is 26.4. The number of pyridine rings is 1. The van der Waals surface area contributed by atoms with Crippen LogP contribution in [0.2, 0.25) is 0 Å². The number of nitrogens with one attached hydrogen (secondary N) is 1. The fourth-order valence-corrected chi connectivity index (χ4v) is 3.00. The largest absolute Gasteiger partial charge is 0.493 e. The van der Waals surface area contributed by atoms with Crippen LogP contribution in [0.1, 0.15) is 27.9 Å². The number of halogens is 1. The topological polar surface area (TPSA) is 113 Å². The lowest BCUT2D eigenvalue weighted by Gasteiger charge is -2.08. The van der Waals surface area contributed by atoms with Crippen molar-refractivity contribution in [3.05, 3.63) is 59.2 Å². The molecule has 1 aromatic carbocycles. The Kier molecular flexibility index (Phi) is 6.39. The number of carbonyl (C=O) groups excluding carboxylic acids is 1. The zero-order valence-corrected chi connectivity index (χ0v) is 16.5. The Hall–Kier alpha value is -3.77. The average Bonchev–Trinajstić information content (AvgIpc) is 3.11. The molecule has 30 heavy (non-hydrogen) atoms. The molecular weight excluding hydrogens is 389 g/mol. The van der Waals surface area contributed by atoms with Gasteiger partial charge in [0, 0.05) is 32.0 Å². The van der Waals surface area contributed by atoms with Crippen LogP contribution in [-0.4, -0.2) is 46.0 Å². The van der Waals surface area contributed by atoms with Gasteiger partial charge in [0.05, 0.1) is 29.0 Å². The third kappa shape index (κ3) is 4.29. The molecule has 1 amide bonds. The number of carbonyl (C=O) groups is 1. The van der Waals surface area contributed by atoms with Crippen molar-refractivity contribution >= 4 is 5.91 Å². The maximum Gasteiger partial charge on any atom is 0.252 e. The lowest BCUT2D eigenvalue weighted by Crippen LogP contribution is -2.25. The summed E-state index contributed by atoms with van der Waals surface area (Å²) in [5.41, 5.74) is 1.38. The number of rotatable bonds is 7. The number of aryl methyl sites for hydroxylation is 1. The first-order valence-corrected chi connectivity index (χ1v) is 9.17. The van der Waals surface area contributed by atoms with Gasteiger partial charge >= 0.3 is 0 Å². The van der Waals surface area contributed by atoms with Crippen molar-refractivity contribution in [1.82, 2.24) is 20.1 Å². The molecule has 0 bridgehead atoms. The molecule has 0 atom stereocenters. The van der Waals surface area contributed by atoms with Gasteiger partial charge in [-0.1, -0.05) is 0 Å². The maximum absolute atomic E-state index is 14.5. The number of aromatic nitrogens is 3. The van der Waals surface area contributed by atoms with Gasteiger partial charge < -0.3 is 15.2 Å². The lowest BCUT2D eigenvalue weighted by atomic mass is 10.00. The minimum Gasteiger partial charge on any atom is -0.493 e. The molecule has 3 rings (SSSR count). The van der Waals surface area contributed by atoms with Crippen LogP contribution in [0.25, 0.3) is 16.9 Å². The Morgan fingerprint density at radius 1 is 1.37 bits per heavy atom. The van der Waals surface area contributed by atoms with E-state index in [2.05, 4.69) is 15.4 Å². The number of hydrogen-bond acceptors (Lipinski definition) is 6. The van der Waals surface area contributed by atoms with Crippen molar-refractivity contribution in [1.29, 1.82) is 5.26 Å². The fraction of sp³-hybridized carbons (Fsp3) is 0.238. The molecule has 0 unspecified atom stereocenters. The van der Waals surface area contributed by atoms with E-state index < -0.39 is 5.82 Å². The number of ether oxygens (including phenoxy) is 1. The van der Waals surface area contributed by atoms with Crippen molar-refractivity contribution in [2.45, 2.75) is 13.3 Å². The number of benzene rings is 1. The van der Waals surface area contributed by atoms with E-state index in [4.69, 9.17) is 10.00 Å². The second-order valence-corrected chi connectivity index (χ2v) is 6.56. The standard InChI is InChI=1S/C21H20FN5O3/c1-13-8-14(10-23)9-17(22)19(13)16-12-26-27(21(16)29)18-5-4-15(11-25-18)20(28)24-6-3-7-30-2/h4-5,8-9,11-12,29H,3,6-7H2,1-2H3,(H,24,28). The van der Waals surface area contributed by atoms with E-state index in [1.54, 1.807) is 20.1 Å². The molecule has 2 N–H and O–H groups in total. The van der Waals surface area contributed by atoms with Crippen molar-refractivity contribution in [3.8, 4) is 28.9 Å². The smallest absolute Gasteiger partial charge is 0.252 e. The molecular formula is C21H20FN5O3. The van der Waals surface area contributed by atoms with E-state index in [-0.39, 0.29) is 34.3 Å². The highest BCUT2D eigenvalue weighted by molar-refractivity contribution is 5.93. The zero-order chi connectivity index (χ0) is 21.7. The van der Waals surface area contributed by atoms with Gasteiger partial charge in [-0.25, -0.2) is 9.37 Å². The summed E-state index contributed by atoms with van der Waals surface area (Å²) < 4.78 is 20.6. The second-order valence-electron chi connectivity index (χ2n) is 6.56. The molecule has 2 heterocycles. The Morgan fingerprint density at radius 2 is 2.17 bits per heavy atom. The predicted molar refractivity (Wildman–Crippen MR) is 107 cm³/mol. The molecule has 9 heteroatoms. The Morgan fingerprint density at radius 3 is 2.80 bits per heavy atom. The number of nitriles is 1. The number of nitrogens with zero attached hydrogens (tertiary/aromatic N) is 4. The minimum atomic E-state index is -0.630. The van der Waals surface area contributed by atoms with E-state index >= 15 is 0 Å². The van der Waals surface area contributed by atoms with E-state index in [9.17, 15) is 14.3 Å². The lowest BCUT2D eigenvalue weighted by molar-refractivity contribution is 0.0948. The molecule has 0 aliphatic heterocycles. The molecule has 0 aliphatic carbocycles. The van der Waals surface area contributed by atoms with Gasteiger partial charge in [0.2, 0.25) is 5.88 Å². The van der Waals surface area contributed by atoms with E-state index in [0.29, 0.717) is 30.7 Å². The molecule has 154 valence electrons. The van der Waals surface area contributed by atoms with Gasteiger partial charge in [0.25, 0.3) is 5.91 Å². The van der Waals surface area contributed by atoms with Gasteiger partial charge in [0.1, 0.15) is 5.82 Å². The number of aromatic hydroxyl groups is 1. The van der Waals surface area contributed by atoms with Crippen molar-refractivity contribution in [3.63, 3.8) is 0 Å². The summed E-state index contributed by atoms with van der Waals surface area (Å²) in [6.07, 6.45) is 3.39. The fourth-order valence-electron chi connectivity index (χ4n) is 3.00. The van der Waals surface area contributed by atoms with E-state index in [1.807, 2.05) is 6.07 Å². The molecule has 8 nitrogen and oxygen atoms in total. The Balaban J connectivity index is 1.83. The molecule has 3 aromatic rings. The molecule has 0 radical (unpaired) electrons. The minimum absolute atomic E-state index is 0.157. The molecule has 0 aliphatic rings. The Bertz CT molecular complexity index is 1080. The van der Waals surface area contributed by atoms with Gasteiger partial charge in [-0.05, 0) is 43.2 Å². The van der Waals surface area contributed by atoms with Crippen LogP contribution in [0.4, 0.5) is 4.39 Å². The van der Waals surface area contributed by atoms with Crippen LogP contribution < -0.4 is 5.32 Å².